The van der Waals surface area contributed by atoms with Crippen LogP contribution in [0.1, 0.15) is 30.9 Å². The van der Waals surface area contributed by atoms with Gasteiger partial charge in [-0.15, -0.1) is 11.6 Å². The molecule has 2 rings (SSSR count). The maximum Gasteiger partial charge on any atom is 0.221 e. The Labute approximate surface area is 186 Å². The minimum atomic E-state index is -0.258. The van der Waals surface area contributed by atoms with Crippen LogP contribution >= 0.6 is 23.2 Å². The average Bonchev–Trinajstić information content (AvgIpc) is 2.72. The summed E-state index contributed by atoms with van der Waals surface area (Å²) in [6.45, 7) is 1.60. The van der Waals surface area contributed by atoms with Crippen molar-refractivity contribution in [2.24, 2.45) is 0 Å². The lowest BCUT2D eigenvalue weighted by atomic mass is 10.0. The highest BCUT2D eigenvalue weighted by Gasteiger charge is 2.15. The molecular formula is C22H25Cl2NO5. The normalized spacial score (nSPS) is 10.4. The lowest BCUT2D eigenvalue weighted by molar-refractivity contribution is -0.118. The van der Waals surface area contributed by atoms with Crippen molar-refractivity contribution in [3.05, 3.63) is 46.5 Å². The second-order valence-corrected chi connectivity index (χ2v) is 7.42. The van der Waals surface area contributed by atoms with E-state index in [2.05, 4.69) is 5.32 Å². The second kappa shape index (κ2) is 11.7. The van der Waals surface area contributed by atoms with Crippen LogP contribution in [0.5, 0.6) is 17.2 Å². The van der Waals surface area contributed by atoms with E-state index in [1.807, 2.05) is 12.1 Å². The number of amides is 1. The molecule has 0 atom stereocenters. The largest absolute Gasteiger partial charge is 0.497 e. The SMILES string of the molecule is COc1cc(COc2cc(NC(C)=O)c(Cl)cc2CC(=O)CCCCl)cc(OC)c1. The standard InChI is InChI=1S/C22H25Cl2NO5/c1-14(26)25-21-12-22(16(10-20(21)24)9-17(27)5-4-6-23)30-13-15-7-18(28-2)11-19(8-15)29-3/h7-8,10-12H,4-6,9,13H2,1-3H3,(H,25,26). The number of benzene rings is 2. The maximum atomic E-state index is 12.3. The zero-order valence-electron chi connectivity index (χ0n) is 17.2. The third kappa shape index (κ3) is 7.11. The molecule has 0 fully saturated rings. The molecule has 0 spiro atoms. The summed E-state index contributed by atoms with van der Waals surface area (Å²) in [5, 5.41) is 3.00. The Bertz CT molecular complexity index is 879. The highest BCUT2D eigenvalue weighted by molar-refractivity contribution is 6.33. The Morgan fingerprint density at radius 3 is 2.27 bits per heavy atom. The molecule has 0 aromatic heterocycles. The van der Waals surface area contributed by atoms with Gasteiger partial charge in [0.05, 0.1) is 24.9 Å². The molecule has 0 aliphatic heterocycles. The number of ketones is 1. The summed E-state index contributed by atoms with van der Waals surface area (Å²) in [7, 11) is 3.14. The van der Waals surface area contributed by atoms with E-state index >= 15 is 0 Å². The number of methoxy groups -OCH3 is 2. The second-order valence-electron chi connectivity index (χ2n) is 6.64. The van der Waals surface area contributed by atoms with Gasteiger partial charge in [0, 0.05) is 43.3 Å². The molecule has 1 N–H and O–H groups in total. The van der Waals surface area contributed by atoms with Crippen molar-refractivity contribution in [3.63, 3.8) is 0 Å². The van der Waals surface area contributed by atoms with Crippen LogP contribution in [0.4, 0.5) is 5.69 Å². The van der Waals surface area contributed by atoms with Gasteiger partial charge in [-0.2, -0.15) is 0 Å². The Morgan fingerprint density at radius 1 is 1.03 bits per heavy atom. The van der Waals surface area contributed by atoms with Gasteiger partial charge in [-0.3, -0.25) is 9.59 Å². The molecule has 0 radical (unpaired) electrons. The number of halogens is 2. The zero-order valence-corrected chi connectivity index (χ0v) is 18.7. The summed E-state index contributed by atoms with van der Waals surface area (Å²) in [6, 6.07) is 8.71. The van der Waals surface area contributed by atoms with Crippen molar-refractivity contribution in [1.82, 2.24) is 0 Å². The van der Waals surface area contributed by atoms with Crippen LogP contribution in [0.3, 0.4) is 0 Å². The molecule has 6 nitrogen and oxygen atoms in total. The van der Waals surface area contributed by atoms with E-state index in [0.29, 0.717) is 52.2 Å². The van der Waals surface area contributed by atoms with Crippen molar-refractivity contribution < 1.29 is 23.8 Å². The number of anilines is 1. The maximum absolute atomic E-state index is 12.3. The van der Waals surface area contributed by atoms with Gasteiger partial charge in [-0.25, -0.2) is 0 Å². The number of alkyl halides is 1. The predicted octanol–water partition coefficient (Wildman–Crippen LogP) is 5.03. The van der Waals surface area contributed by atoms with Gasteiger partial charge in [0.1, 0.15) is 29.6 Å². The first-order valence-corrected chi connectivity index (χ1v) is 10.3. The molecule has 30 heavy (non-hydrogen) atoms. The number of ether oxygens (including phenoxy) is 3. The van der Waals surface area contributed by atoms with Crippen LogP contribution in [0.15, 0.2) is 30.3 Å². The minimum Gasteiger partial charge on any atom is -0.497 e. The zero-order chi connectivity index (χ0) is 22.1. The average molecular weight is 454 g/mol. The Hall–Kier alpha value is -2.44. The molecule has 0 saturated heterocycles. The minimum absolute atomic E-state index is 0.0342. The van der Waals surface area contributed by atoms with Gasteiger partial charge in [-0.1, -0.05) is 11.6 Å². The summed E-state index contributed by atoms with van der Waals surface area (Å²) in [6.07, 6.45) is 1.15. The quantitative estimate of drug-likeness (QED) is 0.483. The van der Waals surface area contributed by atoms with Crippen molar-refractivity contribution >= 4 is 40.6 Å². The highest BCUT2D eigenvalue weighted by atomic mass is 35.5. The number of hydrogen-bond acceptors (Lipinski definition) is 5. The van der Waals surface area contributed by atoms with Gasteiger partial charge in [0.15, 0.2) is 0 Å². The molecule has 0 bridgehead atoms. The molecule has 0 unspecified atom stereocenters. The molecule has 0 saturated carbocycles. The molecule has 8 heteroatoms. The van der Waals surface area contributed by atoms with Crippen LogP contribution in [0.25, 0.3) is 0 Å². The Balaban J connectivity index is 2.30. The van der Waals surface area contributed by atoms with Crippen molar-refractivity contribution in [1.29, 1.82) is 0 Å². The fraction of sp³-hybridized carbons (Fsp3) is 0.364. The van der Waals surface area contributed by atoms with Crippen LogP contribution in [0.2, 0.25) is 5.02 Å². The van der Waals surface area contributed by atoms with E-state index in [1.165, 1.54) is 6.92 Å². The Kier molecular flexibility index (Phi) is 9.27. The smallest absolute Gasteiger partial charge is 0.221 e. The summed E-state index contributed by atoms with van der Waals surface area (Å²) >= 11 is 12.0. The summed E-state index contributed by atoms with van der Waals surface area (Å²) in [4.78, 5) is 23.8. The van der Waals surface area contributed by atoms with Crippen LogP contribution in [-0.4, -0.2) is 31.8 Å². The van der Waals surface area contributed by atoms with Gasteiger partial charge in [0.2, 0.25) is 5.91 Å². The van der Waals surface area contributed by atoms with Crippen LogP contribution < -0.4 is 19.5 Å². The number of hydrogen-bond donors (Lipinski definition) is 1. The number of rotatable bonds is 11. The van der Waals surface area contributed by atoms with Crippen molar-refractivity contribution in [3.8, 4) is 17.2 Å². The first-order valence-electron chi connectivity index (χ1n) is 9.38. The number of nitrogens with one attached hydrogen (secondary N) is 1. The summed E-state index contributed by atoms with van der Waals surface area (Å²) < 4.78 is 16.6. The molecule has 162 valence electrons. The fourth-order valence-electron chi connectivity index (χ4n) is 2.83. The van der Waals surface area contributed by atoms with Crippen molar-refractivity contribution in [2.75, 3.05) is 25.4 Å². The monoisotopic (exact) mass is 453 g/mol. The molecule has 2 aromatic rings. The summed E-state index contributed by atoms with van der Waals surface area (Å²) in [5.41, 5.74) is 1.88. The van der Waals surface area contributed by atoms with E-state index in [0.717, 1.165) is 5.56 Å². The summed E-state index contributed by atoms with van der Waals surface area (Å²) in [5.74, 6) is 1.94. The van der Waals surface area contributed by atoms with Crippen LogP contribution in [-0.2, 0) is 22.6 Å². The highest BCUT2D eigenvalue weighted by Crippen LogP contribution is 2.33. The third-order valence-corrected chi connectivity index (χ3v) is 4.82. The molecule has 0 aliphatic rings. The topological polar surface area (TPSA) is 73.9 Å². The van der Waals surface area contributed by atoms with Crippen molar-refractivity contribution in [2.45, 2.75) is 32.8 Å². The first kappa shape index (κ1) is 23.8. The van der Waals surface area contributed by atoms with Crippen LogP contribution in [0, 0.1) is 0 Å². The molecular weight excluding hydrogens is 429 g/mol. The number of carbonyl (C=O) groups excluding carboxylic acids is 2. The predicted molar refractivity (Wildman–Crippen MR) is 118 cm³/mol. The Morgan fingerprint density at radius 2 is 1.70 bits per heavy atom. The van der Waals surface area contributed by atoms with Gasteiger partial charge >= 0.3 is 0 Å². The van der Waals surface area contributed by atoms with E-state index in [-0.39, 0.29) is 24.7 Å². The molecule has 2 aromatic carbocycles. The van der Waals surface area contributed by atoms with Gasteiger partial charge in [-0.05, 0) is 30.2 Å². The van der Waals surface area contributed by atoms with E-state index in [9.17, 15) is 9.59 Å². The van der Waals surface area contributed by atoms with Gasteiger partial charge in [0.25, 0.3) is 0 Å². The van der Waals surface area contributed by atoms with E-state index in [4.69, 9.17) is 37.4 Å². The molecule has 1 amide bonds. The number of Topliss-reactive ketones (excluding diaryl/α,β-unsaturated/α-hetero) is 1. The first-order chi connectivity index (χ1) is 14.4. The fourth-order valence-corrected chi connectivity index (χ4v) is 3.20. The lowest BCUT2D eigenvalue weighted by Crippen LogP contribution is -2.09. The third-order valence-electron chi connectivity index (χ3n) is 4.24. The van der Waals surface area contributed by atoms with E-state index in [1.54, 1.807) is 32.4 Å². The van der Waals surface area contributed by atoms with E-state index < -0.39 is 0 Å². The molecule has 0 heterocycles. The number of carbonyl (C=O) groups is 2. The lowest BCUT2D eigenvalue weighted by Gasteiger charge is -2.16. The molecule has 0 aliphatic carbocycles. The van der Waals surface area contributed by atoms with Gasteiger partial charge < -0.3 is 19.5 Å².